The second-order valence-corrected chi connectivity index (χ2v) is 8.86. The molecule has 2 aromatic carbocycles. The molecule has 0 atom stereocenters. The fraction of sp³-hybridized carbons (Fsp3) is 0.364. The number of rotatable bonds is 3. The number of urea groups is 1. The summed E-state index contributed by atoms with van der Waals surface area (Å²) in [5.74, 6) is 1.02. The first-order chi connectivity index (χ1) is 14.5. The van der Waals surface area contributed by atoms with Gasteiger partial charge in [0.15, 0.2) is 0 Å². The lowest BCUT2D eigenvalue weighted by molar-refractivity contribution is 0.0585. The Balaban J connectivity index is 1.39. The quantitative estimate of drug-likeness (QED) is 0.800. The molecule has 0 bridgehead atoms. The van der Waals surface area contributed by atoms with E-state index in [1.165, 1.54) is 12.1 Å². The first kappa shape index (κ1) is 20.5. The zero-order valence-electron chi connectivity index (χ0n) is 16.8. The first-order valence-corrected chi connectivity index (χ1v) is 10.9. The largest absolute Gasteiger partial charge is 0.497 e. The summed E-state index contributed by atoms with van der Waals surface area (Å²) in [6.45, 7) is 1.75. The van der Waals surface area contributed by atoms with Crippen molar-refractivity contribution in [2.75, 3.05) is 37.8 Å². The Bertz CT molecular complexity index is 929. The highest BCUT2D eigenvalue weighted by molar-refractivity contribution is 8.00. The van der Waals surface area contributed by atoms with Crippen LogP contribution in [0.2, 0.25) is 0 Å². The van der Waals surface area contributed by atoms with Gasteiger partial charge in [0.2, 0.25) is 0 Å². The van der Waals surface area contributed by atoms with Gasteiger partial charge in [0.05, 0.1) is 12.0 Å². The van der Waals surface area contributed by atoms with Gasteiger partial charge in [-0.3, -0.25) is 4.79 Å². The first-order valence-electron chi connectivity index (χ1n) is 9.92. The molecule has 2 aliphatic rings. The van der Waals surface area contributed by atoms with Gasteiger partial charge in [-0.05, 0) is 55.3 Å². The number of benzene rings is 2. The molecule has 2 fully saturated rings. The number of carbonyl (C=O) groups excluding carboxylic acids is 2. The van der Waals surface area contributed by atoms with Gasteiger partial charge in [-0.25, -0.2) is 9.18 Å². The minimum Gasteiger partial charge on any atom is -0.497 e. The third-order valence-corrected chi connectivity index (χ3v) is 7.22. The number of likely N-dealkylation sites (tertiary alicyclic amines) is 1. The molecule has 2 aliphatic heterocycles. The Morgan fingerprint density at radius 3 is 2.50 bits per heavy atom. The molecule has 30 heavy (non-hydrogen) atoms. The summed E-state index contributed by atoms with van der Waals surface area (Å²) < 4.78 is 18.7. The van der Waals surface area contributed by atoms with Crippen molar-refractivity contribution in [1.29, 1.82) is 0 Å². The molecule has 4 rings (SSSR count). The fourth-order valence-corrected chi connectivity index (χ4v) is 5.48. The topological polar surface area (TPSA) is 61.9 Å². The van der Waals surface area contributed by atoms with Crippen LogP contribution in [0.5, 0.6) is 5.75 Å². The molecule has 2 saturated heterocycles. The summed E-state index contributed by atoms with van der Waals surface area (Å²) >= 11 is 1.76. The predicted octanol–water partition coefficient (Wildman–Crippen LogP) is 4.05. The average molecular weight is 430 g/mol. The number of halogens is 1. The summed E-state index contributed by atoms with van der Waals surface area (Å²) in [5.41, 5.74) is 1.08. The second kappa shape index (κ2) is 8.55. The van der Waals surface area contributed by atoms with Crippen molar-refractivity contribution in [3.05, 3.63) is 59.9 Å². The fourth-order valence-electron chi connectivity index (χ4n) is 4.02. The van der Waals surface area contributed by atoms with Crippen LogP contribution in [0, 0.1) is 5.82 Å². The van der Waals surface area contributed by atoms with Crippen molar-refractivity contribution in [3.8, 4) is 5.75 Å². The van der Waals surface area contributed by atoms with Crippen molar-refractivity contribution >= 4 is 29.4 Å². The number of hydrogen-bond donors (Lipinski definition) is 1. The molecule has 0 radical (unpaired) electrons. The van der Waals surface area contributed by atoms with Crippen LogP contribution in [0.25, 0.3) is 0 Å². The van der Waals surface area contributed by atoms with Gasteiger partial charge in [-0.15, -0.1) is 11.8 Å². The SMILES string of the molecule is COc1ccc(NC(=O)N2CCC3(CC2)SCCN3C(=O)c2cccc(F)c2)cc1. The molecule has 8 heteroatoms. The molecule has 0 aromatic heterocycles. The van der Waals surface area contributed by atoms with Gasteiger partial charge in [-0.2, -0.15) is 0 Å². The van der Waals surface area contributed by atoms with Crippen LogP contribution in [0.4, 0.5) is 14.9 Å². The number of ether oxygens (including phenoxy) is 1. The molecule has 2 heterocycles. The smallest absolute Gasteiger partial charge is 0.321 e. The van der Waals surface area contributed by atoms with Crippen LogP contribution in [-0.2, 0) is 0 Å². The maximum Gasteiger partial charge on any atom is 0.321 e. The van der Waals surface area contributed by atoms with E-state index in [0.717, 1.165) is 11.5 Å². The highest BCUT2D eigenvalue weighted by atomic mass is 32.2. The van der Waals surface area contributed by atoms with Crippen LogP contribution in [0.15, 0.2) is 48.5 Å². The lowest BCUT2D eigenvalue weighted by Crippen LogP contribution is -2.54. The van der Waals surface area contributed by atoms with Crippen molar-refractivity contribution in [1.82, 2.24) is 9.80 Å². The Hall–Kier alpha value is -2.74. The molecule has 1 N–H and O–H groups in total. The van der Waals surface area contributed by atoms with Gasteiger partial charge >= 0.3 is 6.03 Å². The van der Waals surface area contributed by atoms with Gasteiger partial charge in [-0.1, -0.05) is 6.07 Å². The van der Waals surface area contributed by atoms with E-state index in [1.54, 1.807) is 60.2 Å². The monoisotopic (exact) mass is 429 g/mol. The van der Waals surface area contributed by atoms with Crippen molar-refractivity contribution in [3.63, 3.8) is 0 Å². The number of thioether (sulfide) groups is 1. The molecule has 2 aromatic rings. The van der Waals surface area contributed by atoms with Crippen molar-refractivity contribution < 1.29 is 18.7 Å². The van der Waals surface area contributed by atoms with E-state index in [-0.39, 0.29) is 16.8 Å². The van der Waals surface area contributed by atoms with E-state index in [0.29, 0.717) is 43.7 Å². The Kier molecular flexibility index (Phi) is 5.85. The number of carbonyl (C=O) groups is 2. The molecule has 0 aliphatic carbocycles. The Morgan fingerprint density at radius 2 is 1.83 bits per heavy atom. The minimum absolute atomic E-state index is 0.143. The summed E-state index contributed by atoms with van der Waals surface area (Å²) in [4.78, 5) is 29.0. The number of anilines is 1. The molecular weight excluding hydrogens is 405 g/mol. The maximum absolute atomic E-state index is 13.6. The number of nitrogens with one attached hydrogen (secondary N) is 1. The Morgan fingerprint density at radius 1 is 1.10 bits per heavy atom. The minimum atomic E-state index is -0.410. The average Bonchev–Trinajstić information content (AvgIpc) is 3.17. The van der Waals surface area contributed by atoms with Crippen LogP contribution < -0.4 is 10.1 Å². The van der Waals surface area contributed by atoms with Gasteiger partial charge < -0.3 is 19.9 Å². The third-order valence-electron chi connectivity index (χ3n) is 5.67. The van der Waals surface area contributed by atoms with Crippen LogP contribution >= 0.6 is 11.8 Å². The van der Waals surface area contributed by atoms with E-state index in [1.807, 2.05) is 4.90 Å². The number of hydrogen-bond acceptors (Lipinski definition) is 4. The van der Waals surface area contributed by atoms with Crippen LogP contribution in [0.3, 0.4) is 0 Å². The predicted molar refractivity (Wildman–Crippen MR) is 115 cm³/mol. The highest BCUT2D eigenvalue weighted by Gasteiger charge is 2.47. The standard InChI is InChI=1S/C22H24FN3O3S/c1-29-19-7-5-18(6-8-19)24-21(28)25-11-9-22(10-12-25)26(13-14-30-22)20(27)16-3-2-4-17(23)15-16/h2-8,15H,9-14H2,1H3,(H,24,28). The zero-order chi connectivity index (χ0) is 21.1. The number of amides is 3. The molecule has 3 amide bonds. The molecular formula is C22H24FN3O3S. The van der Waals surface area contributed by atoms with E-state index >= 15 is 0 Å². The molecule has 6 nitrogen and oxygen atoms in total. The molecule has 0 saturated carbocycles. The molecule has 1 spiro atoms. The number of nitrogens with zero attached hydrogens (tertiary/aromatic N) is 2. The number of methoxy groups -OCH3 is 1. The van der Waals surface area contributed by atoms with Crippen molar-refractivity contribution in [2.24, 2.45) is 0 Å². The maximum atomic E-state index is 13.6. The highest BCUT2D eigenvalue weighted by Crippen LogP contribution is 2.44. The summed E-state index contributed by atoms with van der Waals surface area (Å²) in [6.07, 6.45) is 1.38. The van der Waals surface area contributed by atoms with E-state index in [2.05, 4.69) is 5.32 Å². The summed E-state index contributed by atoms with van der Waals surface area (Å²) in [5, 5.41) is 2.91. The summed E-state index contributed by atoms with van der Waals surface area (Å²) in [7, 11) is 1.60. The molecule has 0 unspecified atom stereocenters. The normalized spacial score (nSPS) is 17.8. The summed E-state index contributed by atoms with van der Waals surface area (Å²) in [6, 6.07) is 12.9. The van der Waals surface area contributed by atoms with Crippen molar-refractivity contribution in [2.45, 2.75) is 17.7 Å². The zero-order valence-corrected chi connectivity index (χ0v) is 17.6. The van der Waals surface area contributed by atoms with E-state index < -0.39 is 5.82 Å². The van der Waals surface area contributed by atoms with Crippen LogP contribution in [-0.4, -0.2) is 59.1 Å². The van der Waals surface area contributed by atoms with E-state index in [9.17, 15) is 14.0 Å². The Labute approximate surface area is 179 Å². The second-order valence-electron chi connectivity index (χ2n) is 7.41. The van der Waals surface area contributed by atoms with Gasteiger partial charge in [0, 0.05) is 36.6 Å². The lowest BCUT2D eigenvalue weighted by atomic mass is 10.0. The van der Waals surface area contributed by atoms with Gasteiger partial charge in [0.1, 0.15) is 11.6 Å². The molecule has 158 valence electrons. The van der Waals surface area contributed by atoms with Gasteiger partial charge in [0.25, 0.3) is 5.91 Å². The van der Waals surface area contributed by atoms with E-state index in [4.69, 9.17) is 4.74 Å². The van der Waals surface area contributed by atoms with Crippen LogP contribution in [0.1, 0.15) is 23.2 Å². The lowest BCUT2D eigenvalue weighted by Gasteiger charge is -2.44. The number of piperidine rings is 1. The third kappa shape index (κ3) is 4.09.